The van der Waals surface area contributed by atoms with Gasteiger partial charge in [0.15, 0.2) is 0 Å². The number of carbonyl (C=O) groups is 1. The molecule has 9 heavy (non-hydrogen) atoms. The molecule has 1 fully saturated rings. The van der Waals surface area contributed by atoms with E-state index in [1.807, 2.05) is 6.92 Å². The summed E-state index contributed by atoms with van der Waals surface area (Å²) in [5.74, 6) is -0.132. The fourth-order valence-electron chi connectivity index (χ4n) is 0.772. The first-order valence-corrected chi connectivity index (χ1v) is 3.21. The van der Waals surface area contributed by atoms with E-state index in [2.05, 4.69) is 5.32 Å². The van der Waals surface area contributed by atoms with Crippen LogP contribution in [0.15, 0.2) is 0 Å². The Morgan fingerprint density at radius 2 is 2.56 bits per heavy atom. The van der Waals surface area contributed by atoms with Gasteiger partial charge in [0, 0.05) is 0 Å². The smallest absolute Gasteiger partial charge is 0.322 e. The highest BCUT2D eigenvalue weighted by Gasteiger charge is 2.15. The lowest BCUT2D eigenvalue weighted by Crippen LogP contribution is -2.32. The largest absolute Gasteiger partial charge is 0.464 e. The van der Waals surface area contributed by atoms with E-state index in [4.69, 9.17) is 4.74 Å². The van der Waals surface area contributed by atoms with Gasteiger partial charge in [-0.05, 0) is 19.9 Å². The van der Waals surface area contributed by atoms with Crippen LogP contribution in [0.1, 0.15) is 13.3 Å². The molecule has 0 aromatic heterocycles. The lowest BCUT2D eigenvalue weighted by molar-refractivity contribution is -0.144. The molecular formula is C6H11NO2. The van der Waals surface area contributed by atoms with Crippen molar-refractivity contribution in [1.82, 2.24) is 5.32 Å². The molecule has 0 spiro atoms. The van der Waals surface area contributed by atoms with E-state index in [0.29, 0.717) is 6.61 Å². The SMILES string of the molecule is CC1NCCCOC1=O. The summed E-state index contributed by atoms with van der Waals surface area (Å²) in [6.45, 7) is 3.26. The van der Waals surface area contributed by atoms with Crippen molar-refractivity contribution in [3.05, 3.63) is 0 Å². The van der Waals surface area contributed by atoms with Gasteiger partial charge in [0.1, 0.15) is 6.04 Å². The lowest BCUT2D eigenvalue weighted by Gasteiger charge is -2.04. The number of esters is 1. The summed E-state index contributed by atoms with van der Waals surface area (Å²) in [5.41, 5.74) is 0. The van der Waals surface area contributed by atoms with Crippen molar-refractivity contribution >= 4 is 5.97 Å². The average molecular weight is 129 g/mol. The van der Waals surface area contributed by atoms with Crippen LogP contribution in [0.2, 0.25) is 0 Å². The Bertz CT molecular complexity index is 114. The third kappa shape index (κ3) is 1.68. The predicted octanol–water partition coefficient (Wildman–Crippen LogP) is -0.0886. The number of nitrogens with one attached hydrogen (secondary N) is 1. The molecule has 0 aliphatic carbocycles. The molecule has 0 bridgehead atoms. The second-order valence-electron chi connectivity index (χ2n) is 2.20. The maximum absolute atomic E-state index is 10.7. The summed E-state index contributed by atoms with van der Waals surface area (Å²) in [6.07, 6.45) is 0.927. The normalized spacial score (nSPS) is 29.0. The van der Waals surface area contributed by atoms with Crippen LogP contribution in [0.25, 0.3) is 0 Å². The molecule has 0 saturated carbocycles. The zero-order valence-electron chi connectivity index (χ0n) is 5.52. The number of hydrogen-bond donors (Lipinski definition) is 1. The molecule has 0 aromatic carbocycles. The van der Waals surface area contributed by atoms with Crippen molar-refractivity contribution in [2.75, 3.05) is 13.2 Å². The summed E-state index contributed by atoms with van der Waals surface area (Å²) in [7, 11) is 0. The van der Waals surface area contributed by atoms with E-state index in [1.165, 1.54) is 0 Å². The Morgan fingerprint density at radius 3 is 3.33 bits per heavy atom. The van der Waals surface area contributed by atoms with Crippen LogP contribution in [-0.4, -0.2) is 25.2 Å². The van der Waals surface area contributed by atoms with Crippen LogP contribution < -0.4 is 5.32 Å². The number of carbonyl (C=O) groups excluding carboxylic acids is 1. The van der Waals surface area contributed by atoms with Gasteiger partial charge in [-0.2, -0.15) is 0 Å². The van der Waals surface area contributed by atoms with E-state index < -0.39 is 0 Å². The Morgan fingerprint density at radius 1 is 1.78 bits per heavy atom. The summed E-state index contributed by atoms with van der Waals surface area (Å²) in [4.78, 5) is 10.7. The van der Waals surface area contributed by atoms with Crippen molar-refractivity contribution in [1.29, 1.82) is 0 Å². The average Bonchev–Trinajstić information content (AvgIpc) is 1.99. The molecule has 0 aromatic rings. The molecule has 3 heteroatoms. The van der Waals surface area contributed by atoms with Crippen LogP contribution in [0.3, 0.4) is 0 Å². The molecule has 1 heterocycles. The van der Waals surface area contributed by atoms with Crippen LogP contribution in [0, 0.1) is 0 Å². The van der Waals surface area contributed by atoms with E-state index in [1.54, 1.807) is 0 Å². The first-order chi connectivity index (χ1) is 4.30. The number of ether oxygens (including phenoxy) is 1. The van der Waals surface area contributed by atoms with Gasteiger partial charge in [-0.1, -0.05) is 0 Å². The van der Waals surface area contributed by atoms with E-state index >= 15 is 0 Å². The minimum absolute atomic E-state index is 0.118. The maximum atomic E-state index is 10.7. The third-order valence-electron chi connectivity index (χ3n) is 1.37. The summed E-state index contributed by atoms with van der Waals surface area (Å²) in [6, 6.07) is -0.118. The van der Waals surface area contributed by atoms with Crippen LogP contribution >= 0.6 is 0 Å². The molecule has 1 rings (SSSR count). The zero-order valence-corrected chi connectivity index (χ0v) is 5.52. The Labute approximate surface area is 54.4 Å². The summed E-state index contributed by atoms with van der Waals surface area (Å²) >= 11 is 0. The minimum Gasteiger partial charge on any atom is -0.464 e. The zero-order chi connectivity index (χ0) is 6.69. The van der Waals surface area contributed by atoms with Crippen molar-refractivity contribution < 1.29 is 9.53 Å². The second-order valence-corrected chi connectivity index (χ2v) is 2.20. The van der Waals surface area contributed by atoms with Crippen LogP contribution in [0.5, 0.6) is 0 Å². The van der Waals surface area contributed by atoms with Gasteiger partial charge in [-0.25, -0.2) is 0 Å². The molecule has 0 amide bonds. The monoisotopic (exact) mass is 129 g/mol. The minimum atomic E-state index is -0.132. The molecule has 1 unspecified atom stereocenters. The van der Waals surface area contributed by atoms with Crippen molar-refractivity contribution in [3.8, 4) is 0 Å². The van der Waals surface area contributed by atoms with Gasteiger partial charge >= 0.3 is 5.97 Å². The lowest BCUT2D eigenvalue weighted by atomic mass is 10.3. The summed E-state index contributed by atoms with van der Waals surface area (Å²) < 4.78 is 4.81. The molecular weight excluding hydrogens is 118 g/mol. The second kappa shape index (κ2) is 2.82. The summed E-state index contributed by atoms with van der Waals surface area (Å²) in [5, 5.41) is 3.02. The fourth-order valence-corrected chi connectivity index (χ4v) is 0.772. The van der Waals surface area contributed by atoms with Gasteiger partial charge in [0.2, 0.25) is 0 Å². The molecule has 1 N–H and O–H groups in total. The first kappa shape index (κ1) is 6.55. The highest BCUT2D eigenvalue weighted by molar-refractivity contribution is 5.75. The highest BCUT2D eigenvalue weighted by atomic mass is 16.5. The van der Waals surface area contributed by atoms with Crippen molar-refractivity contribution in [2.45, 2.75) is 19.4 Å². The molecule has 1 aliphatic heterocycles. The van der Waals surface area contributed by atoms with Crippen molar-refractivity contribution in [3.63, 3.8) is 0 Å². The number of rotatable bonds is 0. The third-order valence-corrected chi connectivity index (χ3v) is 1.37. The van der Waals surface area contributed by atoms with E-state index in [-0.39, 0.29) is 12.0 Å². The van der Waals surface area contributed by atoms with Gasteiger partial charge < -0.3 is 10.1 Å². The van der Waals surface area contributed by atoms with E-state index in [9.17, 15) is 4.79 Å². The van der Waals surface area contributed by atoms with Gasteiger partial charge in [-0.3, -0.25) is 4.79 Å². The van der Waals surface area contributed by atoms with Crippen LogP contribution in [0.4, 0.5) is 0 Å². The fraction of sp³-hybridized carbons (Fsp3) is 0.833. The maximum Gasteiger partial charge on any atom is 0.322 e. The quantitative estimate of drug-likeness (QED) is 0.464. The molecule has 1 atom stereocenters. The van der Waals surface area contributed by atoms with Gasteiger partial charge in [0.25, 0.3) is 0 Å². The standard InChI is InChI=1S/C6H11NO2/c1-5-6(8)9-4-2-3-7-5/h5,7H,2-4H2,1H3. The highest BCUT2D eigenvalue weighted by Crippen LogP contribution is 1.94. The van der Waals surface area contributed by atoms with Crippen LogP contribution in [-0.2, 0) is 9.53 Å². The topological polar surface area (TPSA) is 38.3 Å². The molecule has 1 saturated heterocycles. The molecule has 0 radical (unpaired) electrons. The molecule has 3 nitrogen and oxygen atoms in total. The Hall–Kier alpha value is -0.570. The van der Waals surface area contributed by atoms with E-state index in [0.717, 1.165) is 13.0 Å². The van der Waals surface area contributed by atoms with Gasteiger partial charge in [-0.15, -0.1) is 0 Å². The Balaban J connectivity index is 2.41. The number of cyclic esters (lactones) is 1. The molecule has 52 valence electrons. The molecule has 1 aliphatic rings. The number of hydrogen-bond acceptors (Lipinski definition) is 3. The Kier molecular flexibility index (Phi) is 2.05. The first-order valence-electron chi connectivity index (χ1n) is 3.21. The van der Waals surface area contributed by atoms with Crippen molar-refractivity contribution in [2.24, 2.45) is 0 Å². The predicted molar refractivity (Wildman–Crippen MR) is 33.0 cm³/mol. The van der Waals surface area contributed by atoms with Gasteiger partial charge in [0.05, 0.1) is 6.61 Å².